The molecule has 0 radical (unpaired) electrons. The molecule has 1 aromatic heterocycles. The normalized spacial score (nSPS) is 47.3. The molecule has 0 spiro atoms. The number of furan rings is 1. The second-order valence-electron chi connectivity index (χ2n) is 8.80. The van der Waals surface area contributed by atoms with Crippen LogP contribution in [0.5, 0.6) is 0 Å². The highest BCUT2D eigenvalue weighted by Crippen LogP contribution is 2.67. The molecular formula is C20H28O4. The first-order valence-electron chi connectivity index (χ1n) is 9.26. The Bertz CT molecular complexity index is 638. The van der Waals surface area contributed by atoms with Crippen molar-refractivity contribution in [3.63, 3.8) is 0 Å². The maximum absolute atomic E-state index is 12.6. The molecule has 24 heavy (non-hydrogen) atoms. The quantitative estimate of drug-likeness (QED) is 0.857. The number of carbonyl (C=O) groups excluding carboxylic acids is 1. The smallest absolute Gasteiger partial charge is 0.312 e. The summed E-state index contributed by atoms with van der Waals surface area (Å²) in [7, 11) is 0. The van der Waals surface area contributed by atoms with Gasteiger partial charge >= 0.3 is 5.97 Å². The molecule has 132 valence electrons. The van der Waals surface area contributed by atoms with Crippen molar-refractivity contribution < 1.29 is 19.1 Å². The first-order valence-corrected chi connectivity index (χ1v) is 9.26. The maximum atomic E-state index is 12.6. The van der Waals surface area contributed by atoms with Gasteiger partial charge in [0.1, 0.15) is 6.10 Å². The van der Waals surface area contributed by atoms with Crippen LogP contribution in [0.1, 0.15) is 58.4 Å². The van der Waals surface area contributed by atoms with Crippen molar-refractivity contribution in [2.75, 3.05) is 0 Å². The van der Waals surface area contributed by atoms with Gasteiger partial charge in [-0.05, 0) is 56.6 Å². The zero-order valence-corrected chi connectivity index (χ0v) is 14.9. The fourth-order valence-corrected chi connectivity index (χ4v) is 6.30. The third-order valence-corrected chi connectivity index (χ3v) is 7.63. The van der Waals surface area contributed by atoms with Crippen LogP contribution in [0.25, 0.3) is 0 Å². The molecule has 2 aliphatic carbocycles. The lowest BCUT2D eigenvalue weighted by atomic mass is 9.44. The Hall–Kier alpha value is -1.29. The molecule has 2 saturated carbocycles. The molecule has 1 unspecified atom stereocenters. The summed E-state index contributed by atoms with van der Waals surface area (Å²) in [5, 5.41) is 11.9. The van der Waals surface area contributed by atoms with Gasteiger partial charge in [-0.3, -0.25) is 4.79 Å². The maximum Gasteiger partial charge on any atom is 0.312 e. The minimum absolute atomic E-state index is 0.0306. The summed E-state index contributed by atoms with van der Waals surface area (Å²) in [6, 6.07) is 1.97. The molecule has 0 bridgehead atoms. The van der Waals surface area contributed by atoms with Crippen LogP contribution in [0.15, 0.2) is 23.0 Å². The first kappa shape index (κ1) is 16.2. The van der Waals surface area contributed by atoms with Crippen LogP contribution < -0.4 is 0 Å². The molecule has 0 aromatic carbocycles. The summed E-state index contributed by atoms with van der Waals surface area (Å²) >= 11 is 0. The molecule has 3 aliphatic rings. The summed E-state index contributed by atoms with van der Waals surface area (Å²) < 4.78 is 11.0. The number of aryl methyl sites for hydroxylation is 1. The lowest BCUT2D eigenvalue weighted by molar-refractivity contribution is -0.217. The van der Waals surface area contributed by atoms with E-state index < -0.39 is 11.0 Å². The topological polar surface area (TPSA) is 59.7 Å². The fraction of sp³-hybridized carbons (Fsp3) is 0.750. The summed E-state index contributed by atoms with van der Waals surface area (Å²) in [6.45, 7) is 6.38. The highest BCUT2D eigenvalue weighted by Gasteiger charge is 2.70. The number of rotatable bonds is 3. The van der Waals surface area contributed by atoms with Crippen LogP contribution in [0.4, 0.5) is 0 Å². The number of carbonyl (C=O) groups is 1. The zero-order valence-electron chi connectivity index (χ0n) is 14.9. The monoisotopic (exact) mass is 332 g/mol. The number of ether oxygens (including phenoxy) is 1. The van der Waals surface area contributed by atoms with Crippen molar-refractivity contribution in [1.82, 2.24) is 0 Å². The van der Waals surface area contributed by atoms with Crippen LogP contribution in [0.2, 0.25) is 0 Å². The minimum atomic E-state index is -0.777. The van der Waals surface area contributed by atoms with Gasteiger partial charge in [0.05, 0.1) is 23.5 Å². The molecule has 3 fully saturated rings. The van der Waals surface area contributed by atoms with E-state index in [2.05, 4.69) is 20.8 Å². The van der Waals surface area contributed by atoms with Crippen LogP contribution in [0.3, 0.4) is 0 Å². The summed E-state index contributed by atoms with van der Waals surface area (Å²) in [5.74, 6) is 0.190. The Kier molecular flexibility index (Phi) is 3.44. The lowest BCUT2D eigenvalue weighted by Crippen LogP contribution is -2.65. The molecule has 6 atom stereocenters. The summed E-state index contributed by atoms with van der Waals surface area (Å²) in [4.78, 5) is 12.6. The van der Waals surface area contributed by atoms with Crippen LogP contribution >= 0.6 is 0 Å². The second-order valence-corrected chi connectivity index (χ2v) is 8.80. The highest BCUT2D eigenvalue weighted by molar-refractivity contribution is 5.80. The number of aliphatic hydroxyl groups is 1. The van der Waals surface area contributed by atoms with E-state index in [0.717, 1.165) is 37.7 Å². The standard InChI is InChI=1S/C20H28O4/c1-13-11-15-16-18(2,17(21)24-15)7-4-8-19(16,3)20(13,22)9-5-14-6-10-23-12-14/h6,10,12-13,15-16,22H,4-5,7-9,11H2,1-3H3/t13-,15-,16+,18+,19-,20?/m1/s1. The fourth-order valence-electron chi connectivity index (χ4n) is 6.30. The molecule has 4 heteroatoms. The largest absolute Gasteiger partial charge is 0.472 e. The van der Waals surface area contributed by atoms with E-state index in [-0.39, 0.29) is 29.3 Å². The van der Waals surface area contributed by atoms with Gasteiger partial charge in [-0.1, -0.05) is 20.3 Å². The molecule has 4 rings (SSSR count). The van der Waals surface area contributed by atoms with E-state index in [4.69, 9.17) is 9.15 Å². The summed E-state index contributed by atoms with van der Waals surface area (Å²) in [5.41, 5.74) is -0.362. The molecule has 0 amide bonds. The van der Waals surface area contributed by atoms with Crippen molar-refractivity contribution >= 4 is 5.97 Å². The zero-order chi connectivity index (χ0) is 17.2. The van der Waals surface area contributed by atoms with Gasteiger partial charge in [0, 0.05) is 11.3 Å². The Morgan fingerprint density at radius 1 is 1.33 bits per heavy atom. The molecule has 1 aromatic rings. The average molecular weight is 332 g/mol. The van der Waals surface area contributed by atoms with E-state index in [0.29, 0.717) is 6.42 Å². The first-order chi connectivity index (χ1) is 11.3. The van der Waals surface area contributed by atoms with E-state index in [9.17, 15) is 9.90 Å². The van der Waals surface area contributed by atoms with Gasteiger partial charge in [0.2, 0.25) is 0 Å². The summed E-state index contributed by atoms with van der Waals surface area (Å²) in [6.07, 6.45) is 8.51. The van der Waals surface area contributed by atoms with E-state index in [1.165, 1.54) is 0 Å². The number of hydrogen-bond acceptors (Lipinski definition) is 4. The molecular weight excluding hydrogens is 304 g/mol. The molecule has 1 aliphatic heterocycles. The van der Waals surface area contributed by atoms with E-state index in [1.54, 1.807) is 12.5 Å². The van der Waals surface area contributed by atoms with Crippen molar-refractivity contribution in [2.24, 2.45) is 22.7 Å². The SMILES string of the molecule is C[C@@H]1C[C@H]2OC(=O)[C@@]3(C)CCC[C@](C)([C@@H]23)C1(O)CCc1ccoc1. The van der Waals surface area contributed by atoms with Crippen LogP contribution in [-0.4, -0.2) is 22.8 Å². The number of esters is 1. The molecule has 1 N–H and O–H groups in total. The van der Waals surface area contributed by atoms with Gasteiger partial charge in [0.25, 0.3) is 0 Å². The third-order valence-electron chi connectivity index (χ3n) is 7.63. The van der Waals surface area contributed by atoms with Gasteiger partial charge in [-0.25, -0.2) is 0 Å². The third kappa shape index (κ3) is 1.92. The molecule has 1 saturated heterocycles. The van der Waals surface area contributed by atoms with Gasteiger partial charge in [-0.15, -0.1) is 0 Å². The Balaban J connectivity index is 1.70. The van der Waals surface area contributed by atoms with E-state index >= 15 is 0 Å². The van der Waals surface area contributed by atoms with Crippen molar-refractivity contribution in [3.8, 4) is 0 Å². The van der Waals surface area contributed by atoms with Crippen molar-refractivity contribution in [2.45, 2.75) is 71.0 Å². The predicted molar refractivity (Wildman–Crippen MR) is 89.2 cm³/mol. The lowest BCUT2D eigenvalue weighted by Gasteiger charge is -2.61. The van der Waals surface area contributed by atoms with E-state index in [1.807, 2.05) is 6.07 Å². The number of hydrogen-bond donors (Lipinski definition) is 1. The second kappa shape index (κ2) is 5.10. The minimum Gasteiger partial charge on any atom is -0.472 e. The van der Waals surface area contributed by atoms with Gasteiger partial charge < -0.3 is 14.3 Å². The van der Waals surface area contributed by atoms with Crippen LogP contribution in [0, 0.1) is 22.7 Å². The van der Waals surface area contributed by atoms with Crippen molar-refractivity contribution in [1.29, 1.82) is 0 Å². The van der Waals surface area contributed by atoms with Crippen LogP contribution in [-0.2, 0) is 16.0 Å². The highest BCUT2D eigenvalue weighted by atomic mass is 16.6. The van der Waals surface area contributed by atoms with Crippen molar-refractivity contribution in [3.05, 3.63) is 24.2 Å². The Morgan fingerprint density at radius 2 is 2.12 bits per heavy atom. The van der Waals surface area contributed by atoms with Gasteiger partial charge in [-0.2, -0.15) is 0 Å². The van der Waals surface area contributed by atoms with Gasteiger partial charge in [0.15, 0.2) is 0 Å². The predicted octanol–water partition coefficient (Wildman–Crippen LogP) is 3.72. The average Bonchev–Trinajstić information content (AvgIpc) is 3.12. The Labute approximate surface area is 143 Å². The molecule has 2 heterocycles. The Morgan fingerprint density at radius 3 is 2.83 bits per heavy atom. The molecule has 4 nitrogen and oxygen atoms in total.